The van der Waals surface area contributed by atoms with Crippen molar-refractivity contribution >= 4 is 35.3 Å². The molecule has 1 atom stereocenters. The first kappa shape index (κ1) is 19.7. The van der Waals surface area contributed by atoms with Crippen LogP contribution in [0.4, 0.5) is 5.82 Å². The summed E-state index contributed by atoms with van der Waals surface area (Å²) in [6.07, 6.45) is 8.40. The van der Waals surface area contributed by atoms with E-state index in [9.17, 15) is 14.4 Å². The molecule has 1 aromatic carbocycles. The van der Waals surface area contributed by atoms with Crippen LogP contribution in [0, 0.1) is 0 Å². The van der Waals surface area contributed by atoms with Crippen LogP contribution in [0.25, 0.3) is 0 Å². The van der Waals surface area contributed by atoms with Crippen molar-refractivity contribution in [3.8, 4) is 0 Å². The van der Waals surface area contributed by atoms with Crippen LogP contribution >= 0.6 is 11.8 Å². The number of fused-ring (bicyclic) bond motifs is 1. The molecule has 1 saturated carbocycles. The van der Waals surface area contributed by atoms with Crippen molar-refractivity contribution in [1.82, 2.24) is 14.7 Å². The molecule has 1 aliphatic carbocycles. The highest BCUT2D eigenvalue weighted by Crippen LogP contribution is 2.32. The predicted molar refractivity (Wildman–Crippen MR) is 112 cm³/mol. The fraction of sp³-hybridized carbons (Fsp3) is 0.429. The molecule has 0 saturated heterocycles. The molecule has 1 N–H and O–H groups in total. The number of aromatic nitrogens is 2. The average Bonchev–Trinajstić information content (AvgIpc) is 3.45. The monoisotopic (exact) mass is 412 g/mol. The number of hydrogen-bond acceptors (Lipinski definition) is 5. The number of rotatable bonds is 7. The van der Waals surface area contributed by atoms with E-state index in [2.05, 4.69) is 10.4 Å². The van der Waals surface area contributed by atoms with E-state index in [1.54, 1.807) is 48.3 Å². The molecule has 3 amide bonds. The SMILES string of the molecule is CSCC[C@H](C(=O)Nc1ccnn1C1CCCC1)N1C(=O)c2ccccc2C1=O. The van der Waals surface area contributed by atoms with Gasteiger partial charge in [0.2, 0.25) is 5.91 Å². The van der Waals surface area contributed by atoms with Crippen LogP contribution < -0.4 is 5.32 Å². The van der Waals surface area contributed by atoms with E-state index >= 15 is 0 Å². The van der Waals surface area contributed by atoms with E-state index in [1.165, 1.54) is 0 Å². The van der Waals surface area contributed by atoms with Crippen LogP contribution in [0.3, 0.4) is 0 Å². The summed E-state index contributed by atoms with van der Waals surface area (Å²) in [6.45, 7) is 0. The van der Waals surface area contributed by atoms with Gasteiger partial charge in [0.25, 0.3) is 11.8 Å². The zero-order valence-electron chi connectivity index (χ0n) is 16.3. The van der Waals surface area contributed by atoms with Crippen molar-refractivity contribution in [2.75, 3.05) is 17.3 Å². The number of nitrogens with one attached hydrogen (secondary N) is 1. The maximum atomic E-state index is 13.2. The number of anilines is 1. The lowest BCUT2D eigenvalue weighted by Crippen LogP contribution is -2.47. The van der Waals surface area contributed by atoms with Crippen LogP contribution in [0.5, 0.6) is 0 Å². The van der Waals surface area contributed by atoms with E-state index in [-0.39, 0.29) is 11.9 Å². The Labute approximate surface area is 173 Å². The number of thioether (sulfide) groups is 1. The second-order valence-electron chi connectivity index (χ2n) is 7.41. The van der Waals surface area contributed by atoms with E-state index in [0.717, 1.165) is 30.6 Å². The zero-order chi connectivity index (χ0) is 20.4. The number of carbonyl (C=O) groups excluding carboxylic acids is 3. The molecular formula is C21H24N4O3S. The summed E-state index contributed by atoms with van der Waals surface area (Å²) in [6, 6.07) is 7.91. The van der Waals surface area contributed by atoms with Gasteiger partial charge >= 0.3 is 0 Å². The Morgan fingerprint density at radius 3 is 2.45 bits per heavy atom. The maximum absolute atomic E-state index is 13.2. The number of imide groups is 1. The van der Waals surface area contributed by atoms with Gasteiger partial charge in [-0.05, 0) is 43.4 Å². The van der Waals surface area contributed by atoms with Gasteiger partial charge in [-0.1, -0.05) is 25.0 Å². The number of benzene rings is 1. The molecule has 152 valence electrons. The van der Waals surface area contributed by atoms with Gasteiger partial charge in [-0.25, -0.2) is 4.68 Å². The lowest BCUT2D eigenvalue weighted by Gasteiger charge is -2.25. The molecule has 7 nitrogen and oxygen atoms in total. The zero-order valence-corrected chi connectivity index (χ0v) is 17.2. The Hall–Kier alpha value is -2.61. The largest absolute Gasteiger partial charge is 0.309 e. The van der Waals surface area contributed by atoms with Gasteiger partial charge in [-0.2, -0.15) is 16.9 Å². The first-order chi connectivity index (χ1) is 14.1. The quantitative estimate of drug-likeness (QED) is 0.705. The van der Waals surface area contributed by atoms with Crippen LogP contribution in [-0.4, -0.2) is 50.5 Å². The third-order valence-corrected chi connectivity index (χ3v) is 6.27. The van der Waals surface area contributed by atoms with Crippen LogP contribution in [0.1, 0.15) is 58.9 Å². The van der Waals surface area contributed by atoms with Gasteiger partial charge < -0.3 is 5.32 Å². The van der Waals surface area contributed by atoms with E-state index in [4.69, 9.17) is 0 Å². The minimum absolute atomic E-state index is 0.282. The van der Waals surface area contributed by atoms with E-state index < -0.39 is 17.9 Å². The summed E-state index contributed by atoms with van der Waals surface area (Å²) in [5.74, 6) is 0.112. The molecule has 8 heteroatoms. The Kier molecular flexibility index (Phi) is 5.71. The molecule has 0 unspecified atom stereocenters. The van der Waals surface area contributed by atoms with Crippen LogP contribution in [-0.2, 0) is 4.79 Å². The highest BCUT2D eigenvalue weighted by Gasteiger charge is 2.42. The van der Waals surface area contributed by atoms with Crippen molar-refractivity contribution in [3.63, 3.8) is 0 Å². The molecule has 29 heavy (non-hydrogen) atoms. The van der Waals surface area contributed by atoms with Gasteiger partial charge in [-0.15, -0.1) is 0 Å². The molecule has 2 aliphatic rings. The Balaban J connectivity index is 1.58. The topological polar surface area (TPSA) is 84.3 Å². The average molecular weight is 413 g/mol. The fourth-order valence-corrected chi connectivity index (χ4v) is 4.62. The summed E-state index contributed by atoms with van der Waals surface area (Å²) in [5.41, 5.74) is 0.714. The van der Waals surface area contributed by atoms with E-state index in [0.29, 0.717) is 29.1 Å². The van der Waals surface area contributed by atoms with Crippen LogP contribution in [0.2, 0.25) is 0 Å². The van der Waals surface area contributed by atoms with Gasteiger partial charge in [0.05, 0.1) is 23.4 Å². The third-order valence-electron chi connectivity index (χ3n) is 5.63. The van der Waals surface area contributed by atoms with Crippen molar-refractivity contribution in [3.05, 3.63) is 47.7 Å². The normalized spacial score (nSPS) is 17.6. The molecule has 0 spiro atoms. The summed E-state index contributed by atoms with van der Waals surface area (Å²) >= 11 is 1.58. The first-order valence-electron chi connectivity index (χ1n) is 9.92. The lowest BCUT2D eigenvalue weighted by atomic mass is 10.1. The standard InChI is InChI=1S/C21H24N4O3S/c1-29-13-11-17(24-20(27)15-8-4-5-9-16(15)21(24)28)19(26)23-18-10-12-22-25(18)14-6-2-3-7-14/h4-5,8-10,12,14,17H,2-3,6-7,11,13H2,1H3,(H,23,26)/t17-/m1/s1. The molecule has 4 rings (SSSR count). The van der Waals surface area contributed by atoms with Gasteiger partial charge in [-0.3, -0.25) is 19.3 Å². The minimum Gasteiger partial charge on any atom is -0.309 e. The summed E-state index contributed by atoms with van der Waals surface area (Å²) in [4.78, 5) is 40.1. The smallest absolute Gasteiger partial charge is 0.262 e. The van der Waals surface area contributed by atoms with Gasteiger partial charge in [0.15, 0.2) is 0 Å². The van der Waals surface area contributed by atoms with Crippen molar-refractivity contribution in [2.24, 2.45) is 0 Å². The molecular weight excluding hydrogens is 388 g/mol. The maximum Gasteiger partial charge on any atom is 0.262 e. The Bertz CT molecular complexity index is 901. The molecule has 1 aromatic heterocycles. The molecule has 1 aliphatic heterocycles. The highest BCUT2D eigenvalue weighted by molar-refractivity contribution is 7.98. The van der Waals surface area contributed by atoms with E-state index in [1.807, 2.05) is 10.9 Å². The molecule has 0 radical (unpaired) electrons. The van der Waals surface area contributed by atoms with Gasteiger partial charge in [0, 0.05) is 6.07 Å². The predicted octanol–water partition coefficient (Wildman–Crippen LogP) is 3.35. The first-order valence-corrected chi connectivity index (χ1v) is 11.3. The minimum atomic E-state index is -0.859. The highest BCUT2D eigenvalue weighted by atomic mass is 32.2. The molecule has 1 fully saturated rings. The fourth-order valence-electron chi connectivity index (χ4n) is 4.16. The summed E-state index contributed by atoms with van der Waals surface area (Å²) in [5, 5.41) is 7.31. The molecule has 2 heterocycles. The van der Waals surface area contributed by atoms with Gasteiger partial charge in [0.1, 0.15) is 11.9 Å². The number of hydrogen-bond donors (Lipinski definition) is 1. The number of amides is 3. The van der Waals surface area contributed by atoms with Crippen LogP contribution in [0.15, 0.2) is 36.5 Å². The number of nitrogens with zero attached hydrogens (tertiary/aromatic N) is 3. The lowest BCUT2D eigenvalue weighted by molar-refractivity contribution is -0.120. The molecule has 0 bridgehead atoms. The Morgan fingerprint density at radius 1 is 1.17 bits per heavy atom. The van der Waals surface area contributed by atoms with Crippen molar-refractivity contribution in [2.45, 2.75) is 44.2 Å². The third kappa shape index (κ3) is 3.69. The summed E-state index contributed by atoms with van der Waals surface area (Å²) < 4.78 is 1.86. The molecule has 2 aromatic rings. The number of carbonyl (C=O) groups is 3. The summed E-state index contributed by atoms with van der Waals surface area (Å²) in [7, 11) is 0. The second-order valence-corrected chi connectivity index (χ2v) is 8.40. The van der Waals surface area contributed by atoms with Crippen molar-refractivity contribution in [1.29, 1.82) is 0 Å². The Morgan fingerprint density at radius 2 is 1.83 bits per heavy atom. The van der Waals surface area contributed by atoms with Crippen molar-refractivity contribution < 1.29 is 14.4 Å². The second kappa shape index (κ2) is 8.41.